The Morgan fingerprint density at radius 3 is 2.67 bits per heavy atom. The van der Waals surface area contributed by atoms with Crippen molar-refractivity contribution < 1.29 is 9.53 Å². The number of hydrogen-bond acceptors (Lipinski definition) is 2. The van der Waals surface area contributed by atoms with E-state index in [2.05, 4.69) is 19.2 Å². The molecule has 0 spiro atoms. The Labute approximate surface area is 92.0 Å². The van der Waals surface area contributed by atoms with E-state index in [1.165, 1.54) is 0 Å². The van der Waals surface area contributed by atoms with Crippen LogP contribution in [0.3, 0.4) is 0 Å². The van der Waals surface area contributed by atoms with Crippen LogP contribution in [0.25, 0.3) is 0 Å². The predicted molar refractivity (Wildman–Crippen MR) is 59.9 cm³/mol. The number of nitrogens with zero attached hydrogens (tertiary/aromatic N) is 1. The van der Waals surface area contributed by atoms with Gasteiger partial charge in [0.25, 0.3) is 0 Å². The third-order valence-corrected chi connectivity index (χ3v) is 3.07. The van der Waals surface area contributed by atoms with Gasteiger partial charge < -0.3 is 15.0 Å². The van der Waals surface area contributed by atoms with Crippen LogP contribution in [0.1, 0.15) is 33.1 Å². The van der Waals surface area contributed by atoms with Crippen LogP contribution in [-0.4, -0.2) is 43.3 Å². The summed E-state index contributed by atoms with van der Waals surface area (Å²) in [5, 5.41) is 2.99. The average Bonchev–Trinajstić information content (AvgIpc) is 2.72. The highest BCUT2D eigenvalue weighted by Gasteiger charge is 2.22. The Hall–Kier alpha value is -0.770. The van der Waals surface area contributed by atoms with Crippen molar-refractivity contribution in [1.82, 2.24) is 10.2 Å². The van der Waals surface area contributed by atoms with Crippen molar-refractivity contribution in [3.63, 3.8) is 0 Å². The maximum atomic E-state index is 11.8. The van der Waals surface area contributed by atoms with Gasteiger partial charge in [0.1, 0.15) is 0 Å². The molecule has 2 amide bonds. The quantitative estimate of drug-likeness (QED) is 0.772. The first kappa shape index (κ1) is 12.3. The number of carbonyl (C=O) groups is 1. The molecule has 1 atom stereocenters. The number of urea groups is 1. The number of carbonyl (C=O) groups excluding carboxylic acids is 1. The van der Waals surface area contributed by atoms with Gasteiger partial charge in [-0.25, -0.2) is 4.79 Å². The van der Waals surface area contributed by atoms with Crippen molar-refractivity contribution in [2.75, 3.05) is 20.3 Å². The standard InChI is InChI=1S/C11H22N2O2/c1-4-10(5-2)13(3)11(14)12-9-6-7-15-8-9/h9-10H,4-8H2,1-3H3,(H,12,14). The third kappa shape index (κ3) is 3.38. The molecule has 0 aromatic heterocycles. The van der Waals surface area contributed by atoms with Gasteiger partial charge in [-0.05, 0) is 19.3 Å². The second-order valence-electron chi connectivity index (χ2n) is 4.09. The Balaban J connectivity index is 2.37. The molecule has 1 saturated heterocycles. The molecule has 4 heteroatoms. The second-order valence-corrected chi connectivity index (χ2v) is 4.09. The first-order valence-electron chi connectivity index (χ1n) is 5.80. The molecule has 0 aliphatic carbocycles. The number of nitrogens with one attached hydrogen (secondary N) is 1. The van der Waals surface area contributed by atoms with Crippen LogP contribution in [0.2, 0.25) is 0 Å². The van der Waals surface area contributed by atoms with E-state index in [4.69, 9.17) is 4.74 Å². The van der Waals surface area contributed by atoms with Crippen LogP contribution in [0.4, 0.5) is 4.79 Å². The molecule has 1 aliphatic heterocycles. The topological polar surface area (TPSA) is 41.6 Å². The maximum absolute atomic E-state index is 11.8. The number of rotatable bonds is 4. The summed E-state index contributed by atoms with van der Waals surface area (Å²) in [7, 11) is 1.86. The molecule has 15 heavy (non-hydrogen) atoms. The van der Waals surface area contributed by atoms with E-state index >= 15 is 0 Å². The lowest BCUT2D eigenvalue weighted by molar-refractivity contribution is 0.172. The molecule has 1 rings (SSSR count). The van der Waals surface area contributed by atoms with E-state index in [1.54, 1.807) is 4.90 Å². The van der Waals surface area contributed by atoms with Gasteiger partial charge in [0.2, 0.25) is 0 Å². The molecule has 0 radical (unpaired) electrons. The van der Waals surface area contributed by atoms with Gasteiger partial charge >= 0.3 is 6.03 Å². The molecule has 1 N–H and O–H groups in total. The molecule has 1 fully saturated rings. The number of amides is 2. The van der Waals surface area contributed by atoms with Crippen molar-refractivity contribution in [2.24, 2.45) is 0 Å². The normalized spacial score (nSPS) is 20.7. The van der Waals surface area contributed by atoms with Crippen molar-refractivity contribution in [2.45, 2.75) is 45.2 Å². The molecule has 1 unspecified atom stereocenters. The van der Waals surface area contributed by atoms with Crippen LogP contribution >= 0.6 is 0 Å². The maximum Gasteiger partial charge on any atom is 0.317 e. The zero-order valence-electron chi connectivity index (χ0n) is 9.95. The van der Waals surface area contributed by atoms with Gasteiger partial charge in [-0.1, -0.05) is 13.8 Å². The first-order chi connectivity index (χ1) is 7.19. The summed E-state index contributed by atoms with van der Waals surface area (Å²) < 4.78 is 5.22. The summed E-state index contributed by atoms with van der Waals surface area (Å²) in [6.07, 6.45) is 2.94. The van der Waals surface area contributed by atoms with E-state index in [0.717, 1.165) is 25.9 Å². The van der Waals surface area contributed by atoms with Crippen LogP contribution in [-0.2, 0) is 4.74 Å². The van der Waals surface area contributed by atoms with E-state index in [-0.39, 0.29) is 12.1 Å². The summed E-state index contributed by atoms with van der Waals surface area (Å²) in [5.74, 6) is 0. The molecule has 0 bridgehead atoms. The lowest BCUT2D eigenvalue weighted by Gasteiger charge is -2.27. The highest BCUT2D eigenvalue weighted by Crippen LogP contribution is 2.08. The highest BCUT2D eigenvalue weighted by atomic mass is 16.5. The van der Waals surface area contributed by atoms with E-state index in [9.17, 15) is 4.79 Å². The fraction of sp³-hybridized carbons (Fsp3) is 0.909. The summed E-state index contributed by atoms with van der Waals surface area (Å²) >= 11 is 0. The van der Waals surface area contributed by atoms with Crippen LogP contribution in [0.5, 0.6) is 0 Å². The Morgan fingerprint density at radius 2 is 2.20 bits per heavy atom. The van der Waals surface area contributed by atoms with E-state index < -0.39 is 0 Å². The van der Waals surface area contributed by atoms with Gasteiger partial charge in [-0.15, -0.1) is 0 Å². The molecule has 1 aliphatic rings. The van der Waals surface area contributed by atoms with Gasteiger partial charge in [0, 0.05) is 19.7 Å². The Morgan fingerprint density at radius 1 is 1.53 bits per heavy atom. The zero-order valence-corrected chi connectivity index (χ0v) is 9.95. The highest BCUT2D eigenvalue weighted by molar-refractivity contribution is 5.74. The summed E-state index contributed by atoms with van der Waals surface area (Å²) in [6, 6.07) is 0.570. The Kier molecular flexibility index (Phi) is 4.88. The molecule has 0 aromatic carbocycles. The van der Waals surface area contributed by atoms with Crippen molar-refractivity contribution in [3.05, 3.63) is 0 Å². The lowest BCUT2D eigenvalue weighted by atomic mass is 10.1. The fourth-order valence-corrected chi connectivity index (χ4v) is 1.93. The molecule has 0 aromatic rings. The van der Waals surface area contributed by atoms with Gasteiger partial charge in [0.05, 0.1) is 12.6 Å². The average molecular weight is 214 g/mol. The third-order valence-electron chi connectivity index (χ3n) is 3.07. The van der Waals surface area contributed by atoms with Crippen LogP contribution < -0.4 is 5.32 Å². The van der Waals surface area contributed by atoms with E-state index in [1.807, 2.05) is 7.05 Å². The van der Waals surface area contributed by atoms with Gasteiger partial charge in [-0.3, -0.25) is 0 Å². The molecular formula is C11H22N2O2. The second kappa shape index (κ2) is 5.95. The number of hydrogen-bond donors (Lipinski definition) is 1. The van der Waals surface area contributed by atoms with Gasteiger partial charge in [0.15, 0.2) is 0 Å². The molecule has 88 valence electrons. The minimum atomic E-state index is 0.0270. The summed E-state index contributed by atoms with van der Waals surface area (Å²) in [6.45, 7) is 5.63. The fourth-order valence-electron chi connectivity index (χ4n) is 1.93. The first-order valence-corrected chi connectivity index (χ1v) is 5.80. The SMILES string of the molecule is CCC(CC)N(C)C(=O)NC1CCOC1. The van der Waals surface area contributed by atoms with Crippen molar-refractivity contribution in [3.8, 4) is 0 Å². The monoisotopic (exact) mass is 214 g/mol. The Bertz CT molecular complexity index is 199. The molecule has 0 saturated carbocycles. The molecular weight excluding hydrogens is 192 g/mol. The van der Waals surface area contributed by atoms with Crippen molar-refractivity contribution in [1.29, 1.82) is 0 Å². The summed E-state index contributed by atoms with van der Waals surface area (Å²) in [5.41, 5.74) is 0. The summed E-state index contributed by atoms with van der Waals surface area (Å²) in [4.78, 5) is 13.6. The van der Waals surface area contributed by atoms with Crippen LogP contribution in [0, 0.1) is 0 Å². The van der Waals surface area contributed by atoms with Crippen molar-refractivity contribution >= 4 is 6.03 Å². The minimum absolute atomic E-state index is 0.0270. The zero-order chi connectivity index (χ0) is 11.3. The predicted octanol–water partition coefficient (Wildman–Crippen LogP) is 1.61. The molecule has 1 heterocycles. The number of ether oxygens (including phenoxy) is 1. The van der Waals surface area contributed by atoms with Gasteiger partial charge in [-0.2, -0.15) is 0 Å². The smallest absolute Gasteiger partial charge is 0.317 e. The minimum Gasteiger partial charge on any atom is -0.379 e. The lowest BCUT2D eigenvalue weighted by Crippen LogP contribution is -2.47. The largest absolute Gasteiger partial charge is 0.379 e. The molecule has 4 nitrogen and oxygen atoms in total. The van der Waals surface area contributed by atoms with Crippen LogP contribution in [0.15, 0.2) is 0 Å². The van der Waals surface area contributed by atoms with E-state index in [0.29, 0.717) is 12.6 Å².